The van der Waals surface area contributed by atoms with Gasteiger partial charge in [0.15, 0.2) is 5.69 Å². The molecule has 0 radical (unpaired) electrons. The predicted octanol–water partition coefficient (Wildman–Crippen LogP) is 2.56. The van der Waals surface area contributed by atoms with Crippen LogP contribution in [0.4, 0.5) is 5.82 Å². The van der Waals surface area contributed by atoms with E-state index in [0.717, 1.165) is 12.8 Å². The number of nitrogens with zero attached hydrogens (tertiary/aromatic N) is 2. The first-order chi connectivity index (χ1) is 8.70. The van der Waals surface area contributed by atoms with Gasteiger partial charge in [-0.2, -0.15) is 0 Å². The number of aromatic carboxylic acids is 1. The Hall–Kier alpha value is -1.65. The van der Waals surface area contributed by atoms with Crippen LogP contribution >= 0.6 is 0 Å². The highest BCUT2D eigenvalue weighted by molar-refractivity contribution is 5.85. The Morgan fingerprint density at radius 2 is 2.22 bits per heavy atom. The number of hydrogen-bond donors (Lipinski definition) is 2. The molecule has 0 aromatic carbocycles. The number of rotatable bonds is 4. The van der Waals surface area contributed by atoms with Crippen molar-refractivity contribution < 1.29 is 9.90 Å². The van der Waals surface area contributed by atoms with E-state index in [9.17, 15) is 4.79 Å². The van der Waals surface area contributed by atoms with Gasteiger partial charge in [0.1, 0.15) is 5.82 Å². The third-order valence-electron chi connectivity index (χ3n) is 3.62. The molecule has 0 spiro atoms. The fraction of sp³-hybridized carbons (Fsp3) is 0.615. The lowest BCUT2D eigenvalue weighted by atomic mass is 9.83. The van der Waals surface area contributed by atoms with Crippen LogP contribution in [0.25, 0.3) is 0 Å². The Morgan fingerprint density at radius 1 is 1.44 bits per heavy atom. The van der Waals surface area contributed by atoms with Crippen molar-refractivity contribution >= 4 is 11.8 Å². The van der Waals surface area contributed by atoms with Crippen molar-refractivity contribution in [1.82, 2.24) is 9.97 Å². The second kappa shape index (κ2) is 5.80. The van der Waals surface area contributed by atoms with Gasteiger partial charge in [-0.15, -0.1) is 0 Å². The first kappa shape index (κ1) is 12.8. The van der Waals surface area contributed by atoms with Crippen molar-refractivity contribution in [2.75, 3.05) is 5.32 Å². The predicted molar refractivity (Wildman–Crippen MR) is 68.7 cm³/mol. The normalized spacial score (nSPS) is 23.6. The summed E-state index contributed by atoms with van der Waals surface area (Å²) in [5.74, 6) is 0.177. The smallest absolute Gasteiger partial charge is 0.356 e. The topological polar surface area (TPSA) is 75.1 Å². The summed E-state index contributed by atoms with van der Waals surface area (Å²) in [6.07, 6.45) is 8.87. The summed E-state index contributed by atoms with van der Waals surface area (Å²) in [5, 5.41) is 12.2. The molecule has 5 heteroatoms. The number of aromatic nitrogens is 2. The molecule has 5 nitrogen and oxygen atoms in total. The van der Waals surface area contributed by atoms with Gasteiger partial charge in [0.2, 0.25) is 0 Å². The number of hydrogen-bond acceptors (Lipinski definition) is 4. The van der Waals surface area contributed by atoms with Gasteiger partial charge in [-0.05, 0) is 18.8 Å². The van der Waals surface area contributed by atoms with E-state index in [-0.39, 0.29) is 5.69 Å². The number of carbonyl (C=O) groups is 1. The van der Waals surface area contributed by atoms with Gasteiger partial charge in [0, 0.05) is 6.04 Å². The minimum absolute atomic E-state index is 0.0103. The standard InChI is InChI=1S/C13H19N3O2/c1-2-9-5-3-4-6-10(9)15-12-8-14-7-11(16-12)13(17)18/h7-10H,2-6H2,1H3,(H,15,16)(H,17,18). The Labute approximate surface area is 107 Å². The second-order valence-corrected chi connectivity index (χ2v) is 4.80. The van der Waals surface area contributed by atoms with E-state index in [1.807, 2.05) is 0 Å². The summed E-state index contributed by atoms with van der Waals surface area (Å²) in [5.41, 5.74) is -0.0103. The lowest BCUT2D eigenvalue weighted by Gasteiger charge is -2.31. The van der Waals surface area contributed by atoms with Gasteiger partial charge in [0.25, 0.3) is 0 Å². The van der Waals surface area contributed by atoms with Crippen LogP contribution in [-0.4, -0.2) is 27.1 Å². The van der Waals surface area contributed by atoms with Crippen molar-refractivity contribution in [3.8, 4) is 0 Å². The number of carboxylic acid groups (broad SMARTS) is 1. The lowest BCUT2D eigenvalue weighted by Crippen LogP contribution is -2.32. The molecule has 98 valence electrons. The van der Waals surface area contributed by atoms with Crippen LogP contribution in [0, 0.1) is 5.92 Å². The maximum absolute atomic E-state index is 10.8. The van der Waals surface area contributed by atoms with Crippen LogP contribution in [0.2, 0.25) is 0 Å². The molecule has 2 N–H and O–H groups in total. The molecule has 1 saturated carbocycles. The summed E-state index contributed by atoms with van der Waals surface area (Å²) in [6.45, 7) is 2.20. The lowest BCUT2D eigenvalue weighted by molar-refractivity contribution is 0.0690. The Bertz CT molecular complexity index is 422. The van der Waals surface area contributed by atoms with Gasteiger partial charge in [0.05, 0.1) is 12.4 Å². The molecule has 0 saturated heterocycles. The third kappa shape index (κ3) is 2.97. The molecule has 1 aromatic heterocycles. The molecule has 2 unspecified atom stereocenters. The van der Waals surface area contributed by atoms with Crippen LogP contribution < -0.4 is 5.32 Å². The summed E-state index contributed by atoms with van der Waals surface area (Å²) < 4.78 is 0. The quantitative estimate of drug-likeness (QED) is 0.857. The van der Waals surface area contributed by atoms with Crippen LogP contribution in [0.5, 0.6) is 0 Å². The monoisotopic (exact) mass is 249 g/mol. The van der Waals surface area contributed by atoms with E-state index in [0.29, 0.717) is 17.8 Å². The van der Waals surface area contributed by atoms with Crippen molar-refractivity contribution in [2.45, 2.75) is 45.1 Å². The van der Waals surface area contributed by atoms with Crippen molar-refractivity contribution in [1.29, 1.82) is 0 Å². The van der Waals surface area contributed by atoms with E-state index < -0.39 is 5.97 Å². The molecule has 1 aliphatic rings. The minimum Gasteiger partial charge on any atom is -0.476 e. The van der Waals surface area contributed by atoms with E-state index in [4.69, 9.17) is 5.11 Å². The SMILES string of the molecule is CCC1CCCCC1Nc1cncc(C(=O)O)n1. The van der Waals surface area contributed by atoms with E-state index >= 15 is 0 Å². The number of anilines is 1. The molecule has 2 atom stereocenters. The highest BCUT2D eigenvalue weighted by Gasteiger charge is 2.23. The summed E-state index contributed by atoms with van der Waals surface area (Å²) >= 11 is 0. The van der Waals surface area contributed by atoms with Gasteiger partial charge in [-0.3, -0.25) is 4.98 Å². The molecule has 1 fully saturated rings. The van der Waals surface area contributed by atoms with Crippen LogP contribution in [0.15, 0.2) is 12.4 Å². The van der Waals surface area contributed by atoms with Gasteiger partial charge in [-0.1, -0.05) is 26.2 Å². The summed E-state index contributed by atoms with van der Waals surface area (Å²) in [4.78, 5) is 18.8. The first-order valence-corrected chi connectivity index (χ1v) is 6.52. The maximum Gasteiger partial charge on any atom is 0.356 e. The molecule has 1 aromatic rings. The van der Waals surface area contributed by atoms with Gasteiger partial charge >= 0.3 is 5.97 Å². The maximum atomic E-state index is 10.8. The largest absolute Gasteiger partial charge is 0.476 e. The highest BCUT2D eigenvalue weighted by atomic mass is 16.4. The molecular weight excluding hydrogens is 230 g/mol. The van der Waals surface area contributed by atoms with Crippen molar-refractivity contribution in [3.63, 3.8) is 0 Å². The third-order valence-corrected chi connectivity index (χ3v) is 3.62. The Kier molecular flexibility index (Phi) is 4.12. The zero-order chi connectivity index (χ0) is 13.0. The molecule has 0 aliphatic heterocycles. The van der Waals surface area contributed by atoms with Gasteiger partial charge < -0.3 is 10.4 Å². The first-order valence-electron chi connectivity index (χ1n) is 6.52. The van der Waals surface area contributed by atoms with Crippen molar-refractivity contribution in [3.05, 3.63) is 18.1 Å². The Morgan fingerprint density at radius 3 is 2.94 bits per heavy atom. The minimum atomic E-state index is -1.04. The van der Waals surface area contributed by atoms with Crippen LogP contribution in [0.3, 0.4) is 0 Å². The van der Waals surface area contributed by atoms with Crippen molar-refractivity contribution in [2.24, 2.45) is 5.92 Å². The Balaban J connectivity index is 2.07. The molecule has 18 heavy (non-hydrogen) atoms. The number of nitrogens with one attached hydrogen (secondary N) is 1. The average molecular weight is 249 g/mol. The number of carboxylic acids is 1. The zero-order valence-electron chi connectivity index (χ0n) is 10.6. The molecule has 1 aliphatic carbocycles. The molecule has 2 rings (SSSR count). The summed E-state index contributed by atoms with van der Waals surface area (Å²) in [6, 6.07) is 0.391. The highest BCUT2D eigenvalue weighted by Crippen LogP contribution is 2.28. The fourth-order valence-electron chi connectivity index (χ4n) is 2.61. The zero-order valence-corrected chi connectivity index (χ0v) is 10.6. The summed E-state index contributed by atoms with van der Waals surface area (Å²) in [7, 11) is 0. The average Bonchev–Trinajstić information content (AvgIpc) is 2.39. The molecule has 0 amide bonds. The van der Waals surface area contributed by atoms with Crippen LogP contribution in [-0.2, 0) is 0 Å². The second-order valence-electron chi connectivity index (χ2n) is 4.80. The van der Waals surface area contributed by atoms with Gasteiger partial charge in [-0.25, -0.2) is 9.78 Å². The van der Waals surface area contributed by atoms with E-state index in [2.05, 4.69) is 22.2 Å². The molecule has 1 heterocycles. The van der Waals surface area contributed by atoms with E-state index in [1.165, 1.54) is 25.5 Å². The van der Waals surface area contributed by atoms with E-state index in [1.54, 1.807) is 6.20 Å². The molecular formula is C13H19N3O2. The fourth-order valence-corrected chi connectivity index (χ4v) is 2.61. The van der Waals surface area contributed by atoms with Crippen LogP contribution in [0.1, 0.15) is 49.5 Å². The molecule has 0 bridgehead atoms.